The number of carbonyl (C=O) groups excluding carboxylic acids is 3. The SMILES string of the molecule is O=C(C1CNC(=O)N(Cc2ccco2)C1=O)N1CCN(c2cc3c(nn2)CCC3)CC1. The highest BCUT2D eigenvalue weighted by Crippen LogP contribution is 2.24. The second kappa shape index (κ2) is 8.01. The van der Waals surface area contributed by atoms with Gasteiger partial charge in [-0.05, 0) is 43.0 Å². The lowest BCUT2D eigenvalue weighted by atomic mass is 10.0. The minimum atomic E-state index is -0.918. The Labute approximate surface area is 179 Å². The number of aromatic nitrogens is 2. The predicted molar refractivity (Wildman–Crippen MR) is 109 cm³/mol. The van der Waals surface area contributed by atoms with Crippen molar-refractivity contribution >= 4 is 23.7 Å². The summed E-state index contributed by atoms with van der Waals surface area (Å²) in [6.45, 7) is 2.26. The average Bonchev–Trinajstić information content (AvgIpc) is 3.48. The maximum atomic E-state index is 13.1. The van der Waals surface area contributed by atoms with Gasteiger partial charge in [0.25, 0.3) is 0 Å². The summed E-state index contributed by atoms with van der Waals surface area (Å²) < 4.78 is 5.24. The van der Waals surface area contributed by atoms with Crippen LogP contribution in [0.5, 0.6) is 0 Å². The van der Waals surface area contributed by atoms with E-state index in [0.717, 1.165) is 35.7 Å². The van der Waals surface area contributed by atoms with Crippen LogP contribution in [0.4, 0.5) is 10.6 Å². The van der Waals surface area contributed by atoms with Crippen molar-refractivity contribution < 1.29 is 18.8 Å². The summed E-state index contributed by atoms with van der Waals surface area (Å²) in [5, 5.41) is 11.4. The zero-order valence-corrected chi connectivity index (χ0v) is 17.1. The smallest absolute Gasteiger partial charge is 0.324 e. The molecule has 0 spiro atoms. The standard InChI is InChI=1S/C21H24N6O4/c28-19(16-12-22-21(30)27(20(16)29)13-15-4-2-10-31-15)26-8-6-25(7-9-26)18-11-14-3-1-5-17(14)23-24-18/h2,4,10-11,16H,1,3,5-9,12-13H2,(H,22,30). The van der Waals surface area contributed by atoms with Crippen LogP contribution in [0.1, 0.15) is 23.4 Å². The van der Waals surface area contributed by atoms with Crippen LogP contribution in [0.3, 0.4) is 0 Å². The molecule has 0 radical (unpaired) electrons. The van der Waals surface area contributed by atoms with Crippen LogP contribution < -0.4 is 10.2 Å². The highest BCUT2D eigenvalue weighted by Gasteiger charge is 2.41. The van der Waals surface area contributed by atoms with Crippen LogP contribution >= 0.6 is 0 Å². The molecule has 31 heavy (non-hydrogen) atoms. The number of furan rings is 1. The molecule has 2 aliphatic heterocycles. The number of rotatable bonds is 4. The van der Waals surface area contributed by atoms with Crippen molar-refractivity contribution in [2.45, 2.75) is 25.8 Å². The Kier molecular flexibility index (Phi) is 5.05. The number of anilines is 1. The van der Waals surface area contributed by atoms with Crippen LogP contribution in [-0.4, -0.2) is 70.6 Å². The molecule has 2 saturated heterocycles. The second-order valence-corrected chi connectivity index (χ2v) is 8.08. The monoisotopic (exact) mass is 424 g/mol. The number of nitrogens with one attached hydrogen (secondary N) is 1. The van der Waals surface area contributed by atoms with Crippen LogP contribution in [0, 0.1) is 5.92 Å². The Balaban J connectivity index is 1.21. The van der Waals surface area contributed by atoms with E-state index in [1.54, 1.807) is 17.0 Å². The highest BCUT2D eigenvalue weighted by molar-refractivity contribution is 6.08. The third-order valence-electron chi connectivity index (χ3n) is 6.18. The van der Waals surface area contributed by atoms with Gasteiger partial charge in [-0.1, -0.05) is 0 Å². The first-order valence-electron chi connectivity index (χ1n) is 10.6. The van der Waals surface area contributed by atoms with Crippen molar-refractivity contribution in [2.24, 2.45) is 5.92 Å². The summed E-state index contributed by atoms with van der Waals surface area (Å²) in [4.78, 5) is 43.0. The molecular formula is C21H24N6O4. The second-order valence-electron chi connectivity index (χ2n) is 8.08. The first-order valence-corrected chi connectivity index (χ1v) is 10.6. The summed E-state index contributed by atoms with van der Waals surface area (Å²) in [5.41, 5.74) is 2.36. The Morgan fingerprint density at radius 3 is 2.77 bits per heavy atom. The Morgan fingerprint density at radius 2 is 2.00 bits per heavy atom. The van der Waals surface area contributed by atoms with Crippen molar-refractivity contribution in [3.63, 3.8) is 0 Å². The van der Waals surface area contributed by atoms with E-state index >= 15 is 0 Å². The van der Waals surface area contributed by atoms with E-state index in [0.29, 0.717) is 31.9 Å². The summed E-state index contributed by atoms with van der Waals surface area (Å²) in [5.74, 6) is -0.329. The van der Waals surface area contributed by atoms with Gasteiger partial charge in [0.2, 0.25) is 11.8 Å². The van der Waals surface area contributed by atoms with Crippen LogP contribution in [0.15, 0.2) is 28.9 Å². The molecule has 0 bridgehead atoms. The van der Waals surface area contributed by atoms with Crippen molar-refractivity contribution in [3.05, 3.63) is 41.5 Å². The number of imide groups is 1. The Bertz CT molecular complexity index is 999. The number of hydrogen-bond acceptors (Lipinski definition) is 7. The summed E-state index contributed by atoms with van der Waals surface area (Å²) in [7, 11) is 0. The molecule has 1 N–H and O–H groups in total. The van der Waals surface area contributed by atoms with Gasteiger partial charge in [0, 0.05) is 32.7 Å². The molecule has 2 fully saturated rings. The summed E-state index contributed by atoms with van der Waals surface area (Å²) in [6, 6.07) is 4.98. The molecule has 0 saturated carbocycles. The van der Waals surface area contributed by atoms with Gasteiger partial charge < -0.3 is 19.5 Å². The topological polar surface area (TPSA) is 112 Å². The first kappa shape index (κ1) is 19.5. The van der Waals surface area contributed by atoms with Crippen LogP contribution in [0.25, 0.3) is 0 Å². The molecule has 4 heterocycles. The molecule has 1 atom stereocenters. The lowest BCUT2D eigenvalue weighted by molar-refractivity contribution is -0.147. The number of urea groups is 1. The third-order valence-corrected chi connectivity index (χ3v) is 6.18. The number of piperazine rings is 1. The van der Waals surface area contributed by atoms with Gasteiger partial charge in [-0.25, -0.2) is 4.79 Å². The van der Waals surface area contributed by atoms with Gasteiger partial charge in [-0.2, -0.15) is 5.10 Å². The number of fused-ring (bicyclic) bond motifs is 1. The van der Waals surface area contributed by atoms with Crippen molar-refractivity contribution in [2.75, 3.05) is 37.6 Å². The van der Waals surface area contributed by atoms with E-state index in [4.69, 9.17) is 4.42 Å². The van der Waals surface area contributed by atoms with E-state index in [9.17, 15) is 14.4 Å². The van der Waals surface area contributed by atoms with Crippen LogP contribution in [0.2, 0.25) is 0 Å². The lowest BCUT2D eigenvalue weighted by Crippen LogP contribution is -2.60. The zero-order chi connectivity index (χ0) is 21.4. The van der Waals surface area contributed by atoms with Gasteiger partial charge in [-0.3, -0.25) is 14.5 Å². The summed E-state index contributed by atoms with van der Waals surface area (Å²) >= 11 is 0. The van der Waals surface area contributed by atoms with Crippen molar-refractivity contribution in [1.82, 2.24) is 25.3 Å². The number of amides is 4. The molecule has 0 aromatic carbocycles. The van der Waals surface area contributed by atoms with E-state index in [-0.39, 0.29) is 19.0 Å². The quantitative estimate of drug-likeness (QED) is 0.715. The zero-order valence-electron chi connectivity index (χ0n) is 17.1. The Hall–Kier alpha value is -3.43. The van der Waals surface area contributed by atoms with Gasteiger partial charge in [0.15, 0.2) is 5.82 Å². The number of carbonyl (C=O) groups is 3. The van der Waals surface area contributed by atoms with Gasteiger partial charge in [0.1, 0.15) is 11.7 Å². The molecule has 2 aromatic rings. The minimum Gasteiger partial charge on any atom is -0.467 e. The Morgan fingerprint density at radius 1 is 1.16 bits per heavy atom. The van der Waals surface area contributed by atoms with Gasteiger partial charge in [-0.15, -0.1) is 5.10 Å². The van der Waals surface area contributed by atoms with Crippen molar-refractivity contribution in [1.29, 1.82) is 0 Å². The van der Waals surface area contributed by atoms with Gasteiger partial charge >= 0.3 is 6.03 Å². The fourth-order valence-corrected chi connectivity index (χ4v) is 4.41. The fraction of sp³-hybridized carbons (Fsp3) is 0.476. The van der Waals surface area contributed by atoms with E-state index in [2.05, 4.69) is 26.5 Å². The molecule has 3 aliphatic rings. The number of hydrogen-bond donors (Lipinski definition) is 1. The molecule has 1 unspecified atom stereocenters. The molecule has 4 amide bonds. The molecule has 10 heteroatoms. The normalized spacial score (nSPS) is 21.3. The maximum Gasteiger partial charge on any atom is 0.324 e. The molecule has 2 aromatic heterocycles. The largest absolute Gasteiger partial charge is 0.467 e. The number of aryl methyl sites for hydroxylation is 2. The fourth-order valence-electron chi connectivity index (χ4n) is 4.41. The minimum absolute atomic E-state index is 0.00617. The lowest BCUT2D eigenvalue weighted by Gasteiger charge is -2.38. The molecule has 162 valence electrons. The maximum absolute atomic E-state index is 13.1. The summed E-state index contributed by atoms with van der Waals surface area (Å²) in [6.07, 6.45) is 4.64. The first-order chi connectivity index (χ1) is 15.1. The average molecular weight is 424 g/mol. The van der Waals surface area contributed by atoms with E-state index in [1.807, 2.05) is 0 Å². The highest BCUT2D eigenvalue weighted by atomic mass is 16.3. The molecule has 1 aliphatic carbocycles. The van der Waals surface area contributed by atoms with E-state index < -0.39 is 17.9 Å². The molecular weight excluding hydrogens is 400 g/mol. The van der Waals surface area contributed by atoms with Gasteiger partial charge in [0.05, 0.1) is 18.5 Å². The molecule has 5 rings (SSSR count). The van der Waals surface area contributed by atoms with Crippen LogP contribution in [-0.2, 0) is 29.0 Å². The van der Waals surface area contributed by atoms with E-state index in [1.165, 1.54) is 11.8 Å². The number of nitrogens with zero attached hydrogens (tertiary/aromatic N) is 5. The van der Waals surface area contributed by atoms with Crippen molar-refractivity contribution in [3.8, 4) is 0 Å². The predicted octanol–water partition coefficient (Wildman–Crippen LogP) is 0.575. The third kappa shape index (κ3) is 3.73. The molecule has 10 nitrogen and oxygen atoms in total.